The van der Waals surface area contributed by atoms with Gasteiger partial charge in [0.1, 0.15) is 0 Å². The van der Waals surface area contributed by atoms with E-state index in [2.05, 4.69) is 44.6 Å². The molecule has 0 bridgehead atoms. The van der Waals surface area contributed by atoms with Crippen LogP contribution in [0.2, 0.25) is 0 Å². The number of likely N-dealkylation sites (tertiary alicyclic amines) is 1. The van der Waals surface area contributed by atoms with E-state index in [1.807, 2.05) is 18.2 Å². The van der Waals surface area contributed by atoms with Gasteiger partial charge in [0.2, 0.25) is 0 Å². The highest BCUT2D eigenvalue weighted by Crippen LogP contribution is 2.21. The van der Waals surface area contributed by atoms with Crippen LogP contribution in [0, 0.1) is 0 Å². The summed E-state index contributed by atoms with van der Waals surface area (Å²) in [6.45, 7) is 2.59. The predicted octanol–water partition coefficient (Wildman–Crippen LogP) is 3.13. The second-order valence-corrected chi connectivity index (χ2v) is 6.78. The van der Waals surface area contributed by atoms with Gasteiger partial charge in [-0.05, 0) is 37.1 Å². The quantitative estimate of drug-likeness (QED) is 0.729. The summed E-state index contributed by atoms with van der Waals surface area (Å²) in [5.74, 6) is 0.334. The van der Waals surface area contributed by atoms with E-state index in [-0.39, 0.29) is 5.91 Å². The summed E-state index contributed by atoms with van der Waals surface area (Å²) in [7, 11) is 0. The van der Waals surface area contributed by atoms with Gasteiger partial charge in [0.05, 0.1) is 0 Å². The van der Waals surface area contributed by atoms with Crippen molar-refractivity contribution in [2.75, 3.05) is 13.1 Å². The normalized spacial score (nSPS) is 17.1. The minimum atomic E-state index is -0.208. The first-order chi connectivity index (χ1) is 13.3. The zero-order chi connectivity index (χ0) is 18.5. The van der Waals surface area contributed by atoms with Crippen LogP contribution >= 0.6 is 0 Å². The molecule has 3 heterocycles. The Morgan fingerprint density at radius 1 is 1.22 bits per heavy atom. The highest BCUT2D eigenvalue weighted by atomic mass is 16.5. The lowest BCUT2D eigenvalue weighted by Gasteiger charge is -2.24. The van der Waals surface area contributed by atoms with E-state index in [0.717, 1.165) is 31.5 Å². The van der Waals surface area contributed by atoms with Crippen LogP contribution in [0.15, 0.2) is 65.4 Å². The Bertz CT molecular complexity index is 879. The minimum Gasteiger partial charge on any atom is -0.355 e. The van der Waals surface area contributed by atoms with E-state index in [1.165, 1.54) is 5.56 Å². The van der Waals surface area contributed by atoms with Crippen molar-refractivity contribution in [3.05, 3.63) is 72.2 Å². The third-order valence-electron chi connectivity index (χ3n) is 4.91. The smallest absolute Gasteiger partial charge is 0.273 e. The molecule has 1 saturated heterocycles. The number of carbonyl (C=O) groups excluding carboxylic acids is 1. The molecule has 0 spiro atoms. The molecule has 6 nitrogen and oxygen atoms in total. The fourth-order valence-corrected chi connectivity index (χ4v) is 3.48. The van der Waals surface area contributed by atoms with Gasteiger partial charge in [-0.25, -0.2) is 0 Å². The van der Waals surface area contributed by atoms with E-state index >= 15 is 0 Å². The van der Waals surface area contributed by atoms with Crippen LogP contribution in [-0.4, -0.2) is 40.1 Å². The van der Waals surface area contributed by atoms with Crippen LogP contribution < -0.4 is 5.32 Å². The van der Waals surface area contributed by atoms with E-state index in [4.69, 9.17) is 4.52 Å². The van der Waals surface area contributed by atoms with Crippen LogP contribution in [0.3, 0.4) is 0 Å². The molecule has 1 amide bonds. The average molecular weight is 362 g/mol. The van der Waals surface area contributed by atoms with E-state index in [1.54, 1.807) is 18.5 Å². The van der Waals surface area contributed by atoms with Gasteiger partial charge in [0.25, 0.3) is 5.91 Å². The molecular weight excluding hydrogens is 340 g/mol. The number of pyridine rings is 1. The number of amides is 1. The molecule has 0 saturated carbocycles. The molecule has 1 fully saturated rings. The molecule has 1 aromatic carbocycles. The molecule has 4 rings (SSSR count). The fourth-order valence-electron chi connectivity index (χ4n) is 3.48. The van der Waals surface area contributed by atoms with E-state index in [0.29, 0.717) is 24.0 Å². The summed E-state index contributed by atoms with van der Waals surface area (Å²) in [5.41, 5.74) is 2.39. The third kappa shape index (κ3) is 4.23. The number of carbonyl (C=O) groups is 1. The monoisotopic (exact) mass is 362 g/mol. The van der Waals surface area contributed by atoms with Crippen molar-refractivity contribution in [3.63, 3.8) is 0 Å². The van der Waals surface area contributed by atoms with Crippen molar-refractivity contribution in [3.8, 4) is 11.3 Å². The minimum absolute atomic E-state index is 0.208. The Morgan fingerprint density at radius 3 is 2.93 bits per heavy atom. The number of rotatable bonds is 6. The zero-order valence-corrected chi connectivity index (χ0v) is 15.0. The first kappa shape index (κ1) is 17.4. The zero-order valence-electron chi connectivity index (χ0n) is 15.0. The number of hydrogen-bond acceptors (Lipinski definition) is 5. The maximum absolute atomic E-state index is 12.4. The van der Waals surface area contributed by atoms with Crippen molar-refractivity contribution in [2.24, 2.45) is 0 Å². The number of nitrogens with one attached hydrogen (secondary N) is 1. The molecule has 6 heteroatoms. The molecule has 0 radical (unpaired) electrons. The molecule has 1 N–H and O–H groups in total. The summed E-state index contributed by atoms with van der Waals surface area (Å²) in [4.78, 5) is 18.9. The van der Waals surface area contributed by atoms with Crippen LogP contribution in [0.4, 0.5) is 0 Å². The summed E-state index contributed by atoms with van der Waals surface area (Å²) in [5, 5.41) is 6.90. The van der Waals surface area contributed by atoms with E-state index < -0.39 is 0 Å². The maximum Gasteiger partial charge on any atom is 0.273 e. The third-order valence-corrected chi connectivity index (χ3v) is 4.91. The number of nitrogens with zero attached hydrogens (tertiary/aromatic N) is 3. The van der Waals surface area contributed by atoms with Crippen molar-refractivity contribution in [1.82, 2.24) is 20.4 Å². The largest absolute Gasteiger partial charge is 0.355 e. The van der Waals surface area contributed by atoms with Crippen molar-refractivity contribution >= 4 is 5.91 Å². The van der Waals surface area contributed by atoms with Crippen LogP contribution in [0.25, 0.3) is 11.3 Å². The van der Waals surface area contributed by atoms with Crippen molar-refractivity contribution in [2.45, 2.75) is 25.4 Å². The standard InChI is InChI=1S/C21H22N4O2/c26-21(19-12-20(27-24-19)17-8-4-10-22-13-17)23-14-18-9-5-11-25(18)15-16-6-2-1-3-7-16/h1-4,6-8,10,12-13,18H,5,9,11,14-15H2,(H,23,26). The summed E-state index contributed by atoms with van der Waals surface area (Å²) >= 11 is 0. The molecule has 0 aliphatic carbocycles. The maximum atomic E-state index is 12.4. The van der Waals surface area contributed by atoms with Gasteiger partial charge in [0, 0.05) is 43.2 Å². The van der Waals surface area contributed by atoms with Gasteiger partial charge in [-0.1, -0.05) is 35.5 Å². The Kier molecular flexibility index (Phi) is 5.25. The van der Waals surface area contributed by atoms with Crippen LogP contribution in [0.5, 0.6) is 0 Å². The number of hydrogen-bond donors (Lipinski definition) is 1. The molecule has 1 unspecified atom stereocenters. The van der Waals surface area contributed by atoms with Crippen LogP contribution in [0.1, 0.15) is 28.9 Å². The molecule has 1 aliphatic heterocycles. The topological polar surface area (TPSA) is 71.3 Å². The van der Waals surface area contributed by atoms with Gasteiger partial charge in [-0.2, -0.15) is 0 Å². The fraction of sp³-hybridized carbons (Fsp3) is 0.286. The first-order valence-corrected chi connectivity index (χ1v) is 9.23. The lowest BCUT2D eigenvalue weighted by atomic mass is 10.1. The molecule has 1 aliphatic rings. The highest BCUT2D eigenvalue weighted by Gasteiger charge is 2.25. The molecular formula is C21H22N4O2. The predicted molar refractivity (Wildman–Crippen MR) is 102 cm³/mol. The summed E-state index contributed by atoms with van der Waals surface area (Å²) in [6, 6.07) is 16.1. The van der Waals surface area contributed by atoms with E-state index in [9.17, 15) is 4.79 Å². The number of aromatic nitrogens is 2. The summed E-state index contributed by atoms with van der Waals surface area (Å²) < 4.78 is 5.28. The Morgan fingerprint density at radius 2 is 2.11 bits per heavy atom. The molecule has 1 atom stereocenters. The van der Waals surface area contributed by atoms with Gasteiger partial charge in [-0.15, -0.1) is 0 Å². The van der Waals surface area contributed by atoms with Crippen molar-refractivity contribution < 1.29 is 9.32 Å². The lowest BCUT2D eigenvalue weighted by Crippen LogP contribution is -2.39. The highest BCUT2D eigenvalue weighted by molar-refractivity contribution is 5.93. The first-order valence-electron chi connectivity index (χ1n) is 9.23. The molecule has 2 aromatic heterocycles. The lowest BCUT2D eigenvalue weighted by molar-refractivity contribution is 0.0931. The second kappa shape index (κ2) is 8.14. The van der Waals surface area contributed by atoms with Crippen molar-refractivity contribution in [1.29, 1.82) is 0 Å². The SMILES string of the molecule is O=C(NCC1CCCN1Cc1ccccc1)c1cc(-c2cccnc2)on1. The molecule has 138 valence electrons. The Hall–Kier alpha value is -2.99. The number of benzene rings is 1. The van der Waals surface area contributed by atoms with Gasteiger partial charge < -0.3 is 9.84 Å². The van der Waals surface area contributed by atoms with Gasteiger partial charge >= 0.3 is 0 Å². The Labute approximate surface area is 158 Å². The average Bonchev–Trinajstić information content (AvgIpc) is 3.37. The Balaban J connectivity index is 1.34. The van der Waals surface area contributed by atoms with Gasteiger partial charge in [0.15, 0.2) is 11.5 Å². The van der Waals surface area contributed by atoms with Gasteiger partial charge in [-0.3, -0.25) is 14.7 Å². The van der Waals surface area contributed by atoms with Crippen LogP contribution in [-0.2, 0) is 6.54 Å². The second-order valence-electron chi connectivity index (χ2n) is 6.78. The molecule has 27 heavy (non-hydrogen) atoms. The summed E-state index contributed by atoms with van der Waals surface area (Å²) in [6.07, 6.45) is 5.62. The molecule has 3 aromatic rings.